The molecule has 33 heavy (non-hydrogen) atoms. The van der Waals surface area contributed by atoms with E-state index in [0.29, 0.717) is 22.7 Å². The number of ether oxygens (including phenoxy) is 1. The normalized spacial score (nSPS) is 10.6. The second-order valence-electron chi connectivity index (χ2n) is 6.77. The van der Waals surface area contributed by atoms with Gasteiger partial charge in [0, 0.05) is 33.2 Å². The summed E-state index contributed by atoms with van der Waals surface area (Å²) in [4.78, 5) is 43.1. The van der Waals surface area contributed by atoms with Crippen LogP contribution in [0, 0.1) is 10.1 Å². The van der Waals surface area contributed by atoms with Crippen LogP contribution in [0.3, 0.4) is 0 Å². The number of benzene rings is 3. The number of nitro benzene ring substituents is 1. The third-order valence-corrected chi connectivity index (χ3v) is 5.54. The first-order chi connectivity index (χ1) is 15.9. The molecule has 2 amide bonds. The van der Waals surface area contributed by atoms with Gasteiger partial charge in [-0.25, -0.2) is 9.78 Å². The van der Waals surface area contributed by atoms with E-state index in [4.69, 9.17) is 0 Å². The van der Waals surface area contributed by atoms with Crippen LogP contribution >= 0.6 is 11.8 Å². The molecule has 0 aliphatic carbocycles. The van der Waals surface area contributed by atoms with Crippen molar-refractivity contribution >= 4 is 52.1 Å². The molecule has 0 saturated carbocycles. The fourth-order valence-electron chi connectivity index (χ4n) is 2.94. The van der Waals surface area contributed by atoms with Crippen molar-refractivity contribution in [3.05, 3.63) is 82.4 Å². The third-order valence-electron chi connectivity index (χ3n) is 4.55. The molecule has 11 heteroatoms. The molecule has 0 bridgehead atoms. The minimum Gasteiger partial charge on any atom is -0.453 e. The first-order valence-corrected chi connectivity index (χ1v) is 10.4. The van der Waals surface area contributed by atoms with Gasteiger partial charge in [-0.15, -0.1) is 0 Å². The summed E-state index contributed by atoms with van der Waals surface area (Å²) in [6, 6.07) is 18.4. The molecule has 0 aliphatic heterocycles. The van der Waals surface area contributed by atoms with E-state index in [1.54, 1.807) is 12.1 Å². The number of hydrogen-bond acceptors (Lipinski definition) is 7. The number of non-ortho nitro benzene ring substituents is 1. The summed E-state index contributed by atoms with van der Waals surface area (Å²) in [5.41, 5.74) is 2.32. The zero-order valence-corrected chi connectivity index (χ0v) is 18.0. The van der Waals surface area contributed by atoms with Crippen molar-refractivity contribution in [2.24, 2.45) is 0 Å². The summed E-state index contributed by atoms with van der Waals surface area (Å²) < 4.78 is 4.56. The third kappa shape index (κ3) is 5.28. The van der Waals surface area contributed by atoms with Crippen LogP contribution in [-0.2, 0) is 4.74 Å². The number of hydrogen-bond donors (Lipinski definition) is 3. The molecule has 4 aromatic rings. The quantitative estimate of drug-likeness (QED) is 0.268. The smallest absolute Gasteiger partial charge is 0.413 e. The Morgan fingerprint density at radius 3 is 2.36 bits per heavy atom. The predicted molar refractivity (Wildman–Crippen MR) is 124 cm³/mol. The van der Waals surface area contributed by atoms with E-state index in [-0.39, 0.29) is 11.6 Å². The van der Waals surface area contributed by atoms with Gasteiger partial charge < -0.3 is 15.0 Å². The Balaban J connectivity index is 1.40. The minimum atomic E-state index is -0.607. The van der Waals surface area contributed by atoms with E-state index in [1.807, 2.05) is 30.3 Å². The average molecular weight is 463 g/mol. The van der Waals surface area contributed by atoms with Crippen LogP contribution in [-0.4, -0.2) is 34.0 Å². The van der Waals surface area contributed by atoms with Gasteiger partial charge in [0.25, 0.3) is 11.6 Å². The van der Waals surface area contributed by atoms with Crippen LogP contribution in [0.25, 0.3) is 11.0 Å². The predicted octanol–water partition coefficient (Wildman–Crippen LogP) is 5.05. The van der Waals surface area contributed by atoms with Crippen molar-refractivity contribution in [3.63, 3.8) is 0 Å². The molecular weight excluding hydrogens is 446 g/mol. The lowest BCUT2D eigenvalue weighted by molar-refractivity contribution is -0.384. The number of methoxy groups -OCH3 is 1. The molecule has 0 fully saturated rings. The number of anilines is 2. The first-order valence-electron chi connectivity index (χ1n) is 9.60. The number of nitrogens with one attached hydrogen (secondary N) is 3. The largest absolute Gasteiger partial charge is 0.453 e. The number of H-pyrrole nitrogens is 1. The van der Waals surface area contributed by atoms with E-state index >= 15 is 0 Å². The van der Waals surface area contributed by atoms with Crippen molar-refractivity contribution in [2.45, 2.75) is 9.79 Å². The van der Waals surface area contributed by atoms with Gasteiger partial charge in [-0.2, -0.15) is 0 Å². The molecule has 0 atom stereocenters. The summed E-state index contributed by atoms with van der Waals surface area (Å²) in [7, 11) is 1.28. The standard InChI is InChI=1S/C22H17N5O5S/c1-32-22(29)26-21-24-18-11-10-17(12-19(18)25-21)33-16-8-4-14(5-9-16)23-20(28)13-2-6-15(7-3-13)27(30)31/h2-12H,1H3,(H,23,28)(H2,24,25,26,29). The number of imidazole rings is 1. The molecular formula is C22H17N5O5S. The Kier molecular flexibility index (Phi) is 6.22. The van der Waals surface area contributed by atoms with Gasteiger partial charge >= 0.3 is 6.09 Å². The SMILES string of the molecule is COC(=O)Nc1nc2ccc(Sc3ccc(NC(=O)c4ccc([N+](=O)[O-])cc4)cc3)cc2[nH]1. The zero-order valence-electron chi connectivity index (χ0n) is 17.2. The second-order valence-corrected chi connectivity index (χ2v) is 7.91. The van der Waals surface area contributed by atoms with Crippen LogP contribution in [0.2, 0.25) is 0 Å². The fourth-order valence-corrected chi connectivity index (χ4v) is 3.80. The number of carbonyl (C=O) groups is 2. The van der Waals surface area contributed by atoms with Crippen LogP contribution < -0.4 is 10.6 Å². The number of nitrogens with zero attached hydrogens (tertiary/aromatic N) is 2. The molecule has 0 saturated heterocycles. The van der Waals surface area contributed by atoms with E-state index in [2.05, 4.69) is 25.3 Å². The van der Waals surface area contributed by atoms with Crippen molar-refractivity contribution in [3.8, 4) is 0 Å². The van der Waals surface area contributed by atoms with Crippen molar-refractivity contribution < 1.29 is 19.2 Å². The highest BCUT2D eigenvalue weighted by Crippen LogP contribution is 2.31. The molecule has 3 N–H and O–H groups in total. The number of aromatic nitrogens is 2. The van der Waals surface area contributed by atoms with Gasteiger partial charge in [-0.3, -0.25) is 20.2 Å². The van der Waals surface area contributed by atoms with Gasteiger partial charge in [-0.1, -0.05) is 11.8 Å². The average Bonchev–Trinajstić information content (AvgIpc) is 3.21. The Labute approximate surface area is 191 Å². The van der Waals surface area contributed by atoms with Crippen LogP contribution in [0.5, 0.6) is 0 Å². The number of fused-ring (bicyclic) bond motifs is 1. The van der Waals surface area contributed by atoms with Gasteiger partial charge in [0.2, 0.25) is 5.95 Å². The summed E-state index contributed by atoms with van der Waals surface area (Å²) in [5, 5.41) is 16.0. The maximum Gasteiger partial charge on any atom is 0.413 e. The number of carbonyl (C=O) groups excluding carboxylic acids is 2. The Morgan fingerprint density at radius 2 is 1.70 bits per heavy atom. The van der Waals surface area contributed by atoms with Crippen LogP contribution in [0.15, 0.2) is 76.5 Å². The lowest BCUT2D eigenvalue weighted by atomic mass is 10.2. The monoisotopic (exact) mass is 463 g/mol. The number of rotatable bonds is 6. The number of aromatic amines is 1. The molecule has 1 heterocycles. The minimum absolute atomic E-state index is 0.0720. The van der Waals surface area contributed by atoms with E-state index < -0.39 is 11.0 Å². The zero-order chi connectivity index (χ0) is 23.4. The molecule has 3 aromatic carbocycles. The van der Waals surface area contributed by atoms with Gasteiger partial charge in [-0.05, 0) is 54.6 Å². The number of nitro groups is 1. The molecule has 10 nitrogen and oxygen atoms in total. The molecule has 0 radical (unpaired) electrons. The highest BCUT2D eigenvalue weighted by Gasteiger charge is 2.11. The highest BCUT2D eigenvalue weighted by molar-refractivity contribution is 7.99. The molecule has 1 aromatic heterocycles. The molecule has 0 spiro atoms. The summed E-state index contributed by atoms with van der Waals surface area (Å²) in [6.07, 6.45) is -0.607. The number of amides is 2. The van der Waals surface area contributed by atoms with E-state index in [0.717, 1.165) is 15.3 Å². The lowest BCUT2D eigenvalue weighted by Crippen LogP contribution is -2.11. The summed E-state index contributed by atoms with van der Waals surface area (Å²) in [6.45, 7) is 0. The molecule has 4 rings (SSSR count). The maximum absolute atomic E-state index is 12.4. The van der Waals surface area contributed by atoms with E-state index in [1.165, 1.54) is 43.1 Å². The van der Waals surface area contributed by atoms with Crippen LogP contribution in [0.1, 0.15) is 10.4 Å². The molecule has 0 aliphatic rings. The fraction of sp³-hybridized carbons (Fsp3) is 0.0455. The van der Waals surface area contributed by atoms with Crippen molar-refractivity contribution in [1.82, 2.24) is 9.97 Å². The Hall–Kier alpha value is -4.38. The lowest BCUT2D eigenvalue weighted by Gasteiger charge is -2.07. The molecule has 0 unspecified atom stereocenters. The highest BCUT2D eigenvalue weighted by atomic mass is 32.2. The van der Waals surface area contributed by atoms with E-state index in [9.17, 15) is 19.7 Å². The molecule has 166 valence electrons. The van der Waals surface area contributed by atoms with Crippen molar-refractivity contribution in [2.75, 3.05) is 17.7 Å². The Morgan fingerprint density at radius 1 is 1.00 bits per heavy atom. The van der Waals surface area contributed by atoms with Crippen molar-refractivity contribution in [1.29, 1.82) is 0 Å². The summed E-state index contributed by atoms with van der Waals surface area (Å²) >= 11 is 1.52. The van der Waals surface area contributed by atoms with Crippen LogP contribution in [0.4, 0.5) is 22.1 Å². The summed E-state index contributed by atoms with van der Waals surface area (Å²) in [5.74, 6) is -0.0570. The van der Waals surface area contributed by atoms with Gasteiger partial charge in [0.15, 0.2) is 0 Å². The second kappa shape index (κ2) is 9.40. The van der Waals surface area contributed by atoms with Gasteiger partial charge in [0.05, 0.1) is 23.1 Å². The topological polar surface area (TPSA) is 139 Å². The van der Waals surface area contributed by atoms with Gasteiger partial charge in [0.1, 0.15) is 0 Å². The Bertz CT molecular complexity index is 1340. The maximum atomic E-state index is 12.4. The first kappa shape index (κ1) is 21.8.